The Hall–Kier alpha value is -0.0800. The Morgan fingerprint density at radius 1 is 1.00 bits per heavy atom. The number of rotatable bonds is 8. The van der Waals surface area contributed by atoms with Crippen molar-refractivity contribution in [3.63, 3.8) is 0 Å². The van der Waals surface area contributed by atoms with Crippen LogP contribution in [0.5, 0.6) is 0 Å². The predicted molar refractivity (Wildman–Crippen MR) is 71.9 cm³/mol. The van der Waals surface area contributed by atoms with Crippen LogP contribution in [0.4, 0.5) is 0 Å². The van der Waals surface area contributed by atoms with Crippen molar-refractivity contribution >= 4 is 0 Å². The zero-order valence-electron chi connectivity index (χ0n) is 12.2. The van der Waals surface area contributed by atoms with Gasteiger partial charge in [0.25, 0.3) is 0 Å². The summed E-state index contributed by atoms with van der Waals surface area (Å²) in [6.07, 6.45) is 3.46. The van der Waals surface area contributed by atoms with E-state index in [2.05, 4.69) is 46.9 Å². The molecule has 2 nitrogen and oxygen atoms in total. The molecule has 0 aromatic heterocycles. The fraction of sp³-hybridized carbons (Fsp3) is 1.00. The van der Waals surface area contributed by atoms with E-state index < -0.39 is 0 Å². The van der Waals surface area contributed by atoms with E-state index in [1.54, 1.807) is 0 Å². The highest BCUT2D eigenvalue weighted by Gasteiger charge is 2.23. The third kappa shape index (κ3) is 8.12. The molecular weight excluding hydrogens is 198 g/mol. The van der Waals surface area contributed by atoms with Gasteiger partial charge in [0.05, 0.1) is 0 Å². The van der Waals surface area contributed by atoms with E-state index in [4.69, 9.17) is 4.74 Å². The molecule has 0 aliphatic heterocycles. The molecule has 0 saturated carbocycles. The first-order valence-electron chi connectivity index (χ1n) is 6.66. The maximum absolute atomic E-state index is 5.58. The lowest BCUT2D eigenvalue weighted by Crippen LogP contribution is -2.43. The smallest absolute Gasteiger partial charge is 0.0471 e. The SMILES string of the molecule is CCCOCCC(C)(CC)CNC(C)(C)C. The molecule has 16 heavy (non-hydrogen) atoms. The lowest BCUT2D eigenvalue weighted by molar-refractivity contribution is 0.0942. The number of hydrogen-bond donors (Lipinski definition) is 1. The summed E-state index contributed by atoms with van der Waals surface area (Å²) >= 11 is 0. The Bertz CT molecular complexity index is 174. The van der Waals surface area contributed by atoms with E-state index >= 15 is 0 Å². The molecule has 0 spiro atoms. The Morgan fingerprint density at radius 3 is 2.06 bits per heavy atom. The van der Waals surface area contributed by atoms with Crippen molar-refractivity contribution in [3.05, 3.63) is 0 Å². The quantitative estimate of drug-likeness (QED) is 0.642. The molecule has 1 N–H and O–H groups in total. The van der Waals surface area contributed by atoms with Crippen molar-refractivity contribution in [2.75, 3.05) is 19.8 Å². The summed E-state index contributed by atoms with van der Waals surface area (Å²) in [5, 5.41) is 3.60. The first kappa shape index (κ1) is 15.9. The van der Waals surface area contributed by atoms with E-state index in [1.807, 2.05) is 0 Å². The van der Waals surface area contributed by atoms with Gasteiger partial charge in [-0.15, -0.1) is 0 Å². The molecule has 2 heteroatoms. The average molecular weight is 229 g/mol. The second-order valence-electron chi connectivity index (χ2n) is 6.13. The summed E-state index contributed by atoms with van der Waals surface area (Å²) in [7, 11) is 0. The van der Waals surface area contributed by atoms with Crippen LogP contribution in [0.1, 0.15) is 60.8 Å². The standard InChI is InChI=1S/C14H31NO/c1-7-10-16-11-9-14(6,8-2)12-15-13(3,4)5/h15H,7-12H2,1-6H3. The summed E-state index contributed by atoms with van der Waals surface area (Å²) in [6.45, 7) is 16.3. The first-order valence-corrected chi connectivity index (χ1v) is 6.66. The highest BCUT2D eigenvalue weighted by atomic mass is 16.5. The molecule has 0 bridgehead atoms. The highest BCUT2D eigenvalue weighted by Crippen LogP contribution is 2.25. The van der Waals surface area contributed by atoms with Gasteiger partial charge in [-0.05, 0) is 45.4 Å². The number of ether oxygens (including phenoxy) is 1. The van der Waals surface area contributed by atoms with Gasteiger partial charge in [-0.1, -0.05) is 20.8 Å². The van der Waals surface area contributed by atoms with Crippen molar-refractivity contribution < 1.29 is 4.74 Å². The van der Waals surface area contributed by atoms with Crippen LogP contribution in [0, 0.1) is 5.41 Å². The summed E-state index contributed by atoms with van der Waals surface area (Å²) in [6, 6.07) is 0. The monoisotopic (exact) mass is 229 g/mol. The van der Waals surface area contributed by atoms with Crippen molar-refractivity contribution in [3.8, 4) is 0 Å². The van der Waals surface area contributed by atoms with Crippen LogP contribution in [0.2, 0.25) is 0 Å². The second-order valence-corrected chi connectivity index (χ2v) is 6.13. The minimum Gasteiger partial charge on any atom is -0.381 e. The van der Waals surface area contributed by atoms with Gasteiger partial charge in [0.1, 0.15) is 0 Å². The predicted octanol–water partition coefficient (Wildman–Crippen LogP) is 3.61. The Kier molecular flexibility index (Phi) is 7.25. The molecule has 0 aromatic rings. The average Bonchev–Trinajstić information content (AvgIpc) is 2.21. The maximum Gasteiger partial charge on any atom is 0.0471 e. The minimum atomic E-state index is 0.209. The number of hydrogen-bond acceptors (Lipinski definition) is 2. The fourth-order valence-corrected chi connectivity index (χ4v) is 1.43. The van der Waals surface area contributed by atoms with E-state index in [1.165, 1.54) is 6.42 Å². The second kappa shape index (κ2) is 7.29. The van der Waals surface area contributed by atoms with Crippen LogP contribution in [0.25, 0.3) is 0 Å². The van der Waals surface area contributed by atoms with E-state index in [9.17, 15) is 0 Å². The van der Waals surface area contributed by atoms with E-state index in [-0.39, 0.29) is 5.54 Å². The fourth-order valence-electron chi connectivity index (χ4n) is 1.43. The maximum atomic E-state index is 5.58. The Labute approximate surface area is 102 Å². The van der Waals surface area contributed by atoms with Crippen LogP contribution >= 0.6 is 0 Å². The third-order valence-electron chi connectivity index (χ3n) is 3.10. The molecule has 0 aliphatic carbocycles. The van der Waals surface area contributed by atoms with Crippen molar-refractivity contribution in [2.24, 2.45) is 5.41 Å². The van der Waals surface area contributed by atoms with Crippen molar-refractivity contribution in [1.29, 1.82) is 0 Å². The van der Waals surface area contributed by atoms with Gasteiger partial charge in [0, 0.05) is 25.3 Å². The molecule has 0 fully saturated rings. The van der Waals surface area contributed by atoms with Crippen LogP contribution in [-0.2, 0) is 4.74 Å². The largest absolute Gasteiger partial charge is 0.381 e. The summed E-state index contributed by atoms with van der Waals surface area (Å²) in [4.78, 5) is 0. The van der Waals surface area contributed by atoms with Gasteiger partial charge < -0.3 is 10.1 Å². The first-order chi connectivity index (χ1) is 7.33. The zero-order valence-corrected chi connectivity index (χ0v) is 12.2. The lowest BCUT2D eigenvalue weighted by Gasteiger charge is -2.33. The molecule has 98 valence electrons. The van der Waals surface area contributed by atoms with E-state index in [0.29, 0.717) is 5.41 Å². The molecule has 0 amide bonds. The van der Waals surface area contributed by atoms with Crippen molar-refractivity contribution in [2.45, 2.75) is 66.3 Å². The lowest BCUT2D eigenvalue weighted by atomic mass is 9.83. The Balaban J connectivity index is 3.91. The van der Waals surface area contributed by atoms with Crippen LogP contribution in [0.3, 0.4) is 0 Å². The summed E-state index contributed by atoms with van der Waals surface area (Å²) < 4.78 is 5.58. The topological polar surface area (TPSA) is 21.3 Å². The van der Waals surface area contributed by atoms with Gasteiger partial charge in [-0.3, -0.25) is 0 Å². The summed E-state index contributed by atoms with van der Waals surface area (Å²) in [5.41, 5.74) is 0.571. The number of nitrogens with one attached hydrogen (secondary N) is 1. The summed E-state index contributed by atoms with van der Waals surface area (Å²) in [5.74, 6) is 0. The van der Waals surface area contributed by atoms with E-state index in [0.717, 1.165) is 32.6 Å². The molecule has 1 unspecified atom stereocenters. The zero-order chi connectivity index (χ0) is 12.7. The Morgan fingerprint density at radius 2 is 1.62 bits per heavy atom. The van der Waals surface area contributed by atoms with Gasteiger partial charge in [0.2, 0.25) is 0 Å². The van der Waals surface area contributed by atoms with Crippen molar-refractivity contribution in [1.82, 2.24) is 5.32 Å². The molecular formula is C14H31NO. The molecule has 0 radical (unpaired) electrons. The van der Waals surface area contributed by atoms with Gasteiger partial charge >= 0.3 is 0 Å². The normalized spacial score (nSPS) is 16.1. The van der Waals surface area contributed by atoms with Gasteiger partial charge in [0.15, 0.2) is 0 Å². The van der Waals surface area contributed by atoms with Gasteiger partial charge in [-0.2, -0.15) is 0 Å². The van der Waals surface area contributed by atoms with Crippen LogP contribution in [-0.4, -0.2) is 25.3 Å². The molecule has 0 aliphatic rings. The van der Waals surface area contributed by atoms with Gasteiger partial charge in [-0.25, -0.2) is 0 Å². The highest BCUT2D eigenvalue weighted by molar-refractivity contribution is 4.80. The molecule has 0 saturated heterocycles. The third-order valence-corrected chi connectivity index (χ3v) is 3.10. The minimum absolute atomic E-state index is 0.209. The molecule has 0 aromatic carbocycles. The molecule has 1 atom stereocenters. The molecule has 0 rings (SSSR count). The van der Waals surface area contributed by atoms with Crippen LogP contribution in [0.15, 0.2) is 0 Å². The van der Waals surface area contributed by atoms with Crippen LogP contribution < -0.4 is 5.32 Å². The molecule has 0 heterocycles.